The number of carbonyl (C=O) groups excluding carboxylic acids is 5. The Bertz CT molecular complexity index is 786. The SMILES string of the molecule is CC(=O)O[C@@H]1[C@@H](OC(C)=O)[C@H](O[C@@H]2OC[C@@H](OC(C)=O)[C@H](OC(C)=O)[C@H]2OC(C)=O)CO[C@@H]1Br. The fourth-order valence-electron chi connectivity index (χ4n) is 3.50. The van der Waals surface area contributed by atoms with Crippen molar-refractivity contribution in [1.82, 2.24) is 0 Å². The van der Waals surface area contributed by atoms with Crippen LogP contribution in [0.5, 0.6) is 0 Å². The number of esters is 5. The normalized spacial score (nSPS) is 33.2. The van der Waals surface area contributed by atoms with Gasteiger partial charge in [-0.1, -0.05) is 15.9 Å². The second kappa shape index (κ2) is 12.4. The van der Waals surface area contributed by atoms with Crippen LogP contribution in [0.4, 0.5) is 0 Å². The predicted octanol–water partition coefficient (Wildman–Crippen LogP) is 0.138. The molecule has 0 aromatic rings. The van der Waals surface area contributed by atoms with Gasteiger partial charge in [-0.3, -0.25) is 24.0 Å². The topological polar surface area (TPSA) is 159 Å². The van der Waals surface area contributed by atoms with Gasteiger partial charge in [-0.2, -0.15) is 0 Å². The van der Waals surface area contributed by atoms with Crippen LogP contribution in [0.15, 0.2) is 0 Å². The van der Waals surface area contributed by atoms with E-state index < -0.39 is 77.8 Å². The van der Waals surface area contributed by atoms with E-state index in [4.69, 9.17) is 37.9 Å². The lowest BCUT2D eigenvalue weighted by Crippen LogP contribution is -2.61. The lowest BCUT2D eigenvalue weighted by molar-refractivity contribution is -0.311. The molecule has 192 valence electrons. The van der Waals surface area contributed by atoms with E-state index in [9.17, 15) is 24.0 Å². The number of alkyl halides is 1. The second-order valence-corrected chi connectivity index (χ2v) is 8.41. The second-order valence-electron chi connectivity index (χ2n) is 7.50. The lowest BCUT2D eigenvalue weighted by Gasteiger charge is -2.44. The van der Waals surface area contributed by atoms with Gasteiger partial charge in [0, 0.05) is 34.6 Å². The van der Waals surface area contributed by atoms with E-state index in [2.05, 4.69) is 15.9 Å². The number of halogens is 1. The number of hydrogen-bond donors (Lipinski definition) is 0. The molecule has 0 spiro atoms. The maximum atomic E-state index is 11.8. The minimum Gasteiger partial charge on any atom is -0.456 e. The summed E-state index contributed by atoms with van der Waals surface area (Å²) in [6.45, 7) is 5.35. The molecule has 0 amide bonds. The monoisotopic (exact) mass is 554 g/mol. The Morgan fingerprint density at radius 1 is 0.588 bits per heavy atom. The van der Waals surface area contributed by atoms with E-state index in [0.29, 0.717) is 0 Å². The molecule has 0 N–H and O–H groups in total. The van der Waals surface area contributed by atoms with Crippen LogP contribution in [0.3, 0.4) is 0 Å². The first-order valence-corrected chi connectivity index (χ1v) is 11.2. The minimum atomic E-state index is -1.36. The summed E-state index contributed by atoms with van der Waals surface area (Å²) in [4.78, 5) is 58.3. The maximum Gasteiger partial charge on any atom is 0.303 e. The van der Waals surface area contributed by atoms with E-state index in [-0.39, 0.29) is 13.2 Å². The van der Waals surface area contributed by atoms with Crippen LogP contribution in [0.25, 0.3) is 0 Å². The van der Waals surface area contributed by atoms with Gasteiger partial charge >= 0.3 is 29.8 Å². The largest absolute Gasteiger partial charge is 0.456 e. The van der Waals surface area contributed by atoms with Gasteiger partial charge in [-0.25, -0.2) is 0 Å². The zero-order chi connectivity index (χ0) is 25.6. The van der Waals surface area contributed by atoms with Gasteiger partial charge in [-0.15, -0.1) is 0 Å². The Balaban J connectivity index is 2.33. The molecule has 0 aliphatic carbocycles. The van der Waals surface area contributed by atoms with E-state index in [0.717, 1.165) is 20.8 Å². The Kier molecular flexibility index (Phi) is 10.2. The molecule has 2 rings (SSSR count). The molecule has 13 nitrogen and oxygen atoms in total. The lowest BCUT2D eigenvalue weighted by atomic mass is 10.0. The molecule has 0 saturated carbocycles. The van der Waals surface area contributed by atoms with E-state index in [1.165, 1.54) is 13.8 Å². The van der Waals surface area contributed by atoms with Crippen LogP contribution in [0.2, 0.25) is 0 Å². The van der Waals surface area contributed by atoms with Crippen molar-refractivity contribution in [3.63, 3.8) is 0 Å². The van der Waals surface area contributed by atoms with E-state index >= 15 is 0 Å². The molecule has 0 bridgehead atoms. The predicted molar refractivity (Wildman–Crippen MR) is 111 cm³/mol. The van der Waals surface area contributed by atoms with Crippen LogP contribution in [-0.4, -0.2) is 91.0 Å². The van der Waals surface area contributed by atoms with Crippen molar-refractivity contribution in [2.24, 2.45) is 0 Å². The molecule has 8 atom stereocenters. The van der Waals surface area contributed by atoms with Gasteiger partial charge in [0.15, 0.2) is 41.8 Å². The van der Waals surface area contributed by atoms with Crippen LogP contribution in [0, 0.1) is 0 Å². The average Bonchev–Trinajstić information content (AvgIpc) is 2.69. The number of hydrogen-bond acceptors (Lipinski definition) is 13. The van der Waals surface area contributed by atoms with Crippen molar-refractivity contribution in [1.29, 1.82) is 0 Å². The van der Waals surface area contributed by atoms with E-state index in [1.54, 1.807) is 0 Å². The minimum absolute atomic E-state index is 0.135. The molecule has 34 heavy (non-hydrogen) atoms. The van der Waals surface area contributed by atoms with Crippen molar-refractivity contribution in [2.45, 2.75) is 82.5 Å². The van der Waals surface area contributed by atoms with Gasteiger partial charge in [-0.05, 0) is 0 Å². The third-order valence-electron chi connectivity index (χ3n) is 4.59. The zero-order valence-electron chi connectivity index (χ0n) is 19.2. The van der Waals surface area contributed by atoms with Gasteiger partial charge in [0.25, 0.3) is 0 Å². The molecule has 2 aliphatic rings. The highest BCUT2D eigenvalue weighted by molar-refractivity contribution is 9.09. The van der Waals surface area contributed by atoms with Crippen LogP contribution >= 0.6 is 15.9 Å². The number of ether oxygens (including phenoxy) is 8. The van der Waals surface area contributed by atoms with Crippen molar-refractivity contribution < 1.29 is 61.9 Å². The van der Waals surface area contributed by atoms with Crippen molar-refractivity contribution in [3.05, 3.63) is 0 Å². The molecule has 2 heterocycles. The van der Waals surface area contributed by atoms with Crippen molar-refractivity contribution >= 4 is 45.8 Å². The molecule has 2 saturated heterocycles. The van der Waals surface area contributed by atoms with Crippen LogP contribution < -0.4 is 0 Å². The van der Waals surface area contributed by atoms with Gasteiger partial charge < -0.3 is 37.9 Å². The van der Waals surface area contributed by atoms with Crippen LogP contribution in [0.1, 0.15) is 34.6 Å². The first kappa shape index (κ1) is 28.0. The number of rotatable bonds is 7. The average molecular weight is 555 g/mol. The van der Waals surface area contributed by atoms with Crippen LogP contribution in [-0.2, 0) is 61.9 Å². The third kappa shape index (κ3) is 7.89. The summed E-state index contributed by atoms with van der Waals surface area (Å²) in [7, 11) is 0. The molecule has 14 heteroatoms. The standard InChI is InChI=1S/C20H27BrO13/c1-8(22)29-13-7-28-20(18(33-12(5)26)16(13)31-10(3)24)34-14-6-27-19(21)17(32-11(4)25)15(14)30-9(2)23/h13-20H,6-7H2,1-5H3/t13-,14-,15+,16+,17-,18-,19+,20+/m1/s1. The number of carbonyl (C=O) groups is 5. The molecular weight excluding hydrogens is 528 g/mol. The Hall–Kier alpha value is -2.29. The summed E-state index contributed by atoms with van der Waals surface area (Å²) >= 11 is 3.23. The fourth-order valence-corrected chi connectivity index (χ4v) is 4.06. The molecule has 0 aromatic carbocycles. The highest BCUT2D eigenvalue weighted by Crippen LogP contribution is 2.31. The van der Waals surface area contributed by atoms with Crippen molar-refractivity contribution in [3.8, 4) is 0 Å². The van der Waals surface area contributed by atoms with Gasteiger partial charge in [0.1, 0.15) is 6.10 Å². The molecule has 0 aromatic heterocycles. The first-order chi connectivity index (χ1) is 15.9. The summed E-state index contributed by atoms with van der Waals surface area (Å²) in [5.41, 5.74) is 0. The quantitative estimate of drug-likeness (QED) is 0.237. The smallest absolute Gasteiger partial charge is 0.303 e. The molecule has 2 fully saturated rings. The Morgan fingerprint density at radius 2 is 1.00 bits per heavy atom. The van der Waals surface area contributed by atoms with Crippen molar-refractivity contribution in [2.75, 3.05) is 13.2 Å². The molecular formula is C20H27BrO13. The highest BCUT2D eigenvalue weighted by Gasteiger charge is 2.51. The van der Waals surface area contributed by atoms with E-state index in [1.807, 2.05) is 0 Å². The maximum absolute atomic E-state index is 11.8. The molecule has 0 unspecified atom stereocenters. The summed E-state index contributed by atoms with van der Waals surface area (Å²) in [5.74, 6) is -3.48. The first-order valence-electron chi connectivity index (χ1n) is 10.3. The van der Waals surface area contributed by atoms with Gasteiger partial charge in [0.05, 0.1) is 13.2 Å². The highest BCUT2D eigenvalue weighted by atomic mass is 79.9. The Morgan fingerprint density at radius 3 is 1.50 bits per heavy atom. The summed E-state index contributed by atoms with van der Waals surface area (Å²) in [6, 6.07) is 0. The summed E-state index contributed by atoms with van der Waals surface area (Å²) in [5, 5.41) is -0.806. The summed E-state index contributed by atoms with van der Waals surface area (Å²) < 4.78 is 43.4. The zero-order valence-corrected chi connectivity index (χ0v) is 20.8. The Labute approximate surface area is 203 Å². The summed E-state index contributed by atoms with van der Waals surface area (Å²) in [6.07, 6.45) is -8.29. The molecule has 2 aliphatic heterocycles. The molecule has 0 radical (unpaired) electrons. The third-order valence-corrected chi connectivity index (χ3v) is 5.37. The van der Waals surface area contributed by atoms with Gasteiger partial charge in [0.2, 0.25) is 0 Å². The fraction of sp³-hybridized carbons (Fsp3) is 0.750.